The van der Waals surface area contributed by atoms with E-state index >= 15 is 0 Å². The van der Waals surface area contributed by atoms with E-state index in [9.17, 15) is 13.2 Å². The van der Waals surface area contributed by atoms with Crippen molar-refractivity contribution in [3.8, 4) is 5.75 Å². The number of sulfone groups is 1. The predicted octanol–water partition coefficient (Wildman–Crippen LogP) is 2.92. The van der Waals surface area contributed by atoms with Gasteiger partial charge in [-0.2, -0.15) is 5.10 Å². The van der Waals surface area contributed by atoms with Crippen LogP contribution in [0.2, 0.25) is 0 Å². The molecule has 1 saturated heterocycles. The Balaban J connectivity index is 1.51. The number of nitrogens with zero attached hydrogens (tertiary/aromatic N) is 3. The number of amides is 1. The molecule has 5 rings (SSSR count). The molecule has 1 saturated carbocycles. The summed E-state index contributed by atoms with van der Waals surface area (Å²) in [4.78, 5) is 18.1. The largest absolute Gasteiger partial charge is 0.497 e. The van der Waals surface area contributed by atoms with Gasteiger partial charge in [0.15, 0.2) is 15.5 Å². The van der Waals surface area contributed by atoms with E-state index in [1.807, 2.05) is 37.3 Å². The lowest BCUT2D eigenvalue weighted by atomic mass is 10.1. The van der Waals surface area contributed by atoms with Gasteiger partial charge in [-0.05, 0) is 49.9 Å². The van der Waals surface area contributed by atoms with Gasteiger partial charge < -0.3 is 10.1 Å². The van der Waals surface area contributed by atoms with Gasteiger partial charge in [-0.1, -0.05) is 12.1 Å². The van der Waals surface area contributed by atoms with E-state index in [2.05, 4.69) is 10.4 Å². The van der Waals surface area contributed by atoms with E-state index in [-0.39, 0.29) is 23.5 Å². The van der Waals surface area contributed by atoms with Crippen LogP contribution in [0.4, 0.5) is 0 Å². The molecule has 3 aromatic rings. The highest BCUT2D eigenvalue weighted by Crippen LogP contribution is 2.41. The number of carbonyl (C=O) groups excluding carboxylic acids is 1. The summed E-state index contributed by atoms with van der Waals surface area (Å²) in [6.07, 6.45) is 2.62. The number of pyridine rings is 1. The molecule has 9 heteroatoms. The lowest BCUT2D eigenvalue weighted by Crippen LogP contribution is -2.23. The van der Waals surface area contributed by atoms with Crippen molar-refractivity contribution in [2.45, 2.75) is 44.7 Å². The van der Waals surface area contributed by atoms with Crippen molar-refractivity contribution in [1.82, 2.24) is 20.1 Å². The van der Waals surface area contributed by atoms with Gasteiger partial charge in [0.1, 0.15) is 5.75 Å². The Labute approximate surface area is 186 Å². The molecule has 1 amide bonds. The van der Waals surface area contributed by atoms with E-state index in [1.54, 1.807) is 11.8 Å². The Morgan fingerprint density at radius 3 is 2.75 bits per heavy atom. The molecule has 0 radical (unpaired) electrons. The standard InChI is InChI=1S/C23H26N4O4S/c1-14-21-19(23(28)24-12-15-4-3-5-18(10-15)31-2)11-20(16-6-7-16)25-22(21)27(26-14)17-8-9-32(29,30)13-17/h3-5,10-11,16-17H,6-9,12-13H2,1-2H3,(H,24,28). The number of methoxy groups -OCH3 is 1. The second-order valence-electron chi connectivity index (χ2n) is 8.69. The number of benzene rings is 1. The molecular weight excluding hydrogens is 428 g/mol. The second kappa shape index (κ2) is 7.88. The van der Waals surface area contributed by atoms with Crippen LogP contribution in [-0.2, 0) is 16.4 Å². The Bertz CT molecular complexity index is 1310. The Morgan fingerprint density at radius 1 is 1.25 bits per heavy atom. The molecular formula is C23H26N4O4S. The average Bonchev–Trinajstić information content (AvgIpc) is 3.50. The molecule has 2 fully saturated rings. The molecule has 2 aromatic heterocycles. The highest BCUT2D eigenvalue weighted by molar-refractivity contribution is 7.91. The number of carbonyl (C=O) groups is 1. The van der Waals surface area contributed by atoms with Crippen molar-refractivity contribution in [3.05, 3.63) is 52.8 Å². The fourth-order valence-corrected chi connectivity index (χ4v) is 6.07. The fourth-order valence-electron chi connectivity index (χ4n) is 4.38. The lowest BCUT2D eigenvalue weighted by Gasteiger charge is -2.12. The van der Waals surface area contributed by atoms with E-state index in [0.29, 0.717) is 41.2 Å². The van der Waals surface area contributed by atoms with Crippen LogP contribution in [0.1, 0.15) is 58.5 Å². The van der Waals surface area contributed by atoms with Crippen molar-refractivity contribution in [2.24, 2.45) is 0 Å². The van der Waals surface area contributed by atoms with Crippen LogP contribution in [0.3, 0.4) is 0 Å². The van der Waals surface area contributed by atoms with Gasteiger partial charge in [0.2, 0.25) is 0 Å². The van der Waals surface area contributed by atoms with Gasteiger partial charge in [-0.15, -0.1) is 0 Å². The summed E-state index contributed by atoms with van der Waals surface area (Å²) in [7, 11) is -1.45. The van der Waals surface area contributed by atoms with Gasteiger partial charge >= 0.3 is 0 Å². The zero-order valence-electron chi connectivity index (χ0n) is 18.2. The van der Waals surface area contributed by atoms with Crippen LogP contribution in [0.15, 0.2) is 30.3 Å². The van der Waals surface area contributed by atoms with E-state index in [1.165, 1.54) is 0 Å². The first-order valence-electron chi connectivity index (χ1n) is 10.9. The number of aryl methyl sites for hydroxylation is 1. The molecule has 1 aliphatic carbocycles. The Hall–Kier alpha value is -2.94. The normalized spacial score (nSPS) is 19.9. The maximum Gasteiger partial charge on any atom is 0.252 e. The number of aromatic nitrogens is 3. The minimum Gasteiger partial charge on any atom is -0.497 e. The molecule has 0 spiro atoms. The number of rotatable bonds is 6. The number of hydrogen-bond donors (Lipinski definition) is 1. The zero-order chi connectivity index (χ0) is 22.5. The van der Waals surface area contributed by atoms with Crippen molar-refractivity contribution in [2.75, 3.05) is 18.6 Å². The quantitative estimate of drug-likeness (QED) is 0.614. The van der Waals surface area contributed by atoms with Crippen LogP contribution in [-0.4, -0.2) is 47.7 Å². The van der Waals surface area contributed by atoms with Gasteiger partial charge in [0, 0.05) is 18.2 Å². The maximum absolute atomic E-state index is 13.3. The first-order valence-corrected chi connectivity index (χ1v) is 12.7. The molecule has 0 bridgehead atoms. The highest BCUT2D eigenvalue weighted by atomic mass is 32.2. The molecule has 1 N–H and O–H groups in total. The average molecular weight is 455 g/mol. The first kappa shape index (κ1) is 20.9. The molecule has 8 nitrogen and oxygen atoms in total. The van der Waals surface area contributed by atoms with Crippen LogP contribution < -0.4 is 10.1 Å². The number of fused-ring (bicyclic) bond motifs is 1. The summed E-state index contributed by atoms with van der Waals surface area (Å²) in [5.41, 5.74) is 3.66. The summed E-state index contributed by atoms with van der Waals surface area (Å²) in [5.74, 6) is 1.12. The first-order chi connectivity index (χ1) is 15.3. The van der Waals surface area contributed by atoms with E-state index in [0.717, 1.165) is 29.8 Å². The molecule has 2 aliphatic rings. The summed E-state index contributed by atoms with van der Waals surface area (Å²) in [6, 6.07) is 9.21. The monoisotopic (exact) mass is 454 g/mol. The van der Waals surface area contributed by atoms with E-state index in [4.69, 9.17) is 9.72 Å². The van der Waals surface area contributed by atoms with Crippen LogP contribution in [0.5, 0.6) is 5.75 Å². The Morgan fingerprint density at radius 2 is 2.06 bits per heavy atom. The SMILES string of the molecule is COc1cccc(CNC(=O)c2cc(C3CC3)nc3c2c(C)nn3C2CCS(=O)(=O)C2)c1. The third kappa shape index (κ3) is 3.97. The summed E-state index contributed by atoms with van der Waals surface area (Å²) >= 11 is 0. The topological polar surface area (TPSA) is 103 Å². The van der Waals surface area contributed by atoms with Gasteiger partial charge in [-0.25, -0.2) is 18.1 Å². The third-order valence-electron chi connectivity index (χ3n) is 6.24. The number of ether oxygens (including phenoxy) is 1. The third-order valence-corrected chi connectivity index (χ3v) is 7.99. The second-order valence-corrected chi connectivity index (χ2v) is 10.9. The predicted molar refractivity (Wildman–Crippen MR) is 121 cm³/mol. The molecule has 1 atom stereocenters. The number of hydrogen-bond acceptors (Lipinski definition) is 6. The zero-order valence-corrected chi connectivity index (χ0v) is 19.0. The maximum atomic E-state index is 13.3. The van der Waals surface area contributed by atoms with Crippen LogP contribution in [0.25, 0.3) is 11.0 Å². The van der Waals surface area contributed by atoms with E-state index < -0.39 is 9.84 Å². The van der Waals surface area contributed by atoms with Gasteiger partial charge in [-0.3, -0.25) is 4.79 Å². The summed E-state index contributed by atoms with van der Waals surface area (Å²) in [6.45, 7) is 2.21. The summed E-state index contributed by atoms with van der Waals surface area (Å²) < 4.78 is 31.1. The van der Waals surface area contributed by atoms with Crippen molar-refractivity contribution in [3.63, 3.8) is 0 Å². The van der Waals surface area contributed by atoms with Crippen molar-refractivity contribution in [1.29, 1.82) is 0 Å². The Kier molecular flexibility index (Phi) is 5.16. The lowest BCUT2D eigenvalue weighted by molar-refractivity contribution is 0.0952. The van der Waals surface area contributed by atoms with Crippen molar-refractivity contribution >= 4 is 26.8 Å². The number of nitrogens with one attached hydrogen (secondary N) is 1. The van der Waals surface area contributed by atoms with Crippen LogP contribution in [0, 0.1) is 6.92 Å². The molecule has 3 heterocycles. The van der Waals surface area contributed by atoms with Gasteiger partial charge in [0.25, 0.3) is 5.91 Å². The minimum absolute atomic E-state index is 0.0654. The minimum atomic E-state index is -3.07. The summed E-state index contributed by atoms with van der Waals surface area (Å²) in [5, 5.41) is 8.34. The molecule has 32 heavy (non-hydrogen) atoms. The molecule has 1 aromatic carbocycles. The van der Waals surface area contributed by atoms with Crippen molar-refractivity contribution < 1.29 is 17.9 Å². The fraction of sp³-hybridized carbons (Fsp3) is 0.435. The van der Waals surface area contributed by atoms with Crippen LogP contribution >= 0.6 is 0 Å². The molecule has 168 valence electrons. The smallest absolute Gasteiger partial charge is 0.252 e. The molecule has 1 aliphatic heterocycles. The molecule has 1 unspecified atom stereocenters. The highest BCUT2D eigenvalue weighted by Gasteiger charge is 2.34. The van der Waals surface area contributed by atoms with Gasteiger partial charge in [0.05, 0.1) is 41.3 Å².